The molecular weight excluding hydrogens is 394 g/mol. The van der Waals surface area contributed by atoms with Gasteiger partial charge in [0.05, 0.1) is 30.3 Å². The number of carbonyl (C=O) groups excluding carboxylic acids is 1. The first-order valence-corrected chi connectivity index (χ1v) is 10.00. The van der Waals surface area contributed by atoms with Crippen molar-refractivity contribution < 1.29 is 14.6 Å². The Bertz CT molecular complexity index is 912. The standard InChI is InChI=1S/C19H21N5O2.C4H10O/c1-26-18-5-3-15(12-22-18)23-17-6-9-21-19(20)16(17)4-2-14-7-10-24(13-25)11-8-14;1-4(2,3)5/h2-7,9,12-13H,8,10-11H2,1H3,(H3,20,21,23);5H,1-3H3/b4-2+;. The maximum atomic E-state index is 10.8. The number of pyridine rings is 2. The van der Waals surface area contributed by atoms with E-state index in [2.05, 4.69) is 15.3 Å². The van der Waals surface area contributed by atoms with Crippen molar-refractivity contribution in [1.82, 2.24) is 14.9 Å². The number of amides is 1. The smallest absolute Gasteiger partial charge is 0.213 e. The fourth-order valence-corrected chi connectivity index (χ4v) is 2.64. The maximum Gasteiger partial charge on any atom is 0.213 e. The molecule has 0 fully saturated rings. The molecule has 31 heavy (non-hydrogen) atoms. The van der Waals surface area contributed by atoms with Crippen LogP contribution in [0.3, 0.4) is 0 Å². The lowest BCUT2D eigenvalue weighted by Crippen LogP contribution is -2.26. The number of methoxy groups -OCH3 is 1. The van der Waals surface area contributed by atoms with Crippen LogP contribution in [0.4, 0.5) is 17.2 Å². The highest BCUT2D eigenvalue weighted by molar-refractivity contribution is 5.78. The van der Waals surface area contributed by atoms with E-state index >= 15 is 0 Å². The highest BCUT2D eigenvalue weighted by Gasteiger charge is 2.09. The lowest BCUT2D eigenvalue weighted by Gasteiger charge is -2.20. The minimum atomic E-state index is -0.500. The Morgan fingerprint density at radius 3 is 2.52 bits per heavy atom. The summed E-state index contributed by atoms with van der Waals surface area (Å²) in [5.41, 5.74) is 9.21. The molecule has 4 N–H and O–H groups in total. The summed E-state index contributed by atoms with van der Waals surface area (Å²) in [6, 6.07) is 5.53. The van der Waals surface area contributed by atoms with Gasteiger partial charge in [0.15, 0.2) is 0 Å². The topological polar surface area (TPSA) is 114 Å². The molecule has 0 radical (unpaired) electrons. The first-order valence-electron chi connectivity index (χ1n) is 10.00. The van der Waals surface area contributed by atoms with Crippen LogP contribution in [0.25, 0.3) is 6.08 Å². The predicted molar refractivity (Wildman–Crippen MR) is 124 cm³/mol. The zero-order valence-electron chi connectivity index (χ0n) is 18.5. The number of nitrogens with zero attached hydrogens (tertiary/aromatic N) is 3. The van der Waals surface area contributed by atoms with E-state index in [1.807, 2.05) is 30.4 Å². The maximum absolute atomic E-state index is 10.8. The van der Waals surface area contributed by atoms with Gasteiger partial charge in [0.1, 0.15) is 5.82 Å². The van der Waals surface area contributed by atoms with E-state index in [1.165, 1.54) is 5.57 Å². The molecule has 0 aromatic carbocycles. The first-order chi connectivity index (χ1) is 14.7. The van der Waals surface area contributed by atoms with E-state index in [1.54, 1.807) is 51.2 Å². The van der Waals surface area contributed by atoms with Crippen molar-refractivity contribution in [3.05, 3.63) is 53.9 Å². The van der Waals surface area contributed by atoms with E-state index < -0.39 is 5.60 Å². The molecule has 0 bridgehead atoms. The van der Waals surface area contributed by atoms with Crippen LogP contribution in [-0.4, -0.2) is 52.2 Å². The largest absolute Gasteiger partial charge is 0.481 e. The normalized spacial score (nSPS) is 13.8. The summed E-state index contributed by atoms with van der Waals surface area (Å²) in [6.07, 6.45) is 11.1. The Kier molecular flexibility index (Phi) is 8.57. The van der Waals surface area contributed by atoms with E-state index in [0.717, 1.165) is 36.3 Å². The van der Waals surface area contributed by atoms with Gasteiger partial charge >= 0.3 is 0 Å². The molecule has 0 unspecified atom stereocenters. The summed E-state index contributed by atoms with van der Waals surface area (Å²) >= 11 is 0. The van der Waals surface area contributed by atoms with Crippen LogP contribution in [0.15, 0.2) is 48.3 Å². The van der Waals surface area contributed by atoms with Crippen molar-refractivity contribution in [3.63, 3.8) is 0 Å². The molecule has 3 rings (SSSR count). The Labute approximate surface area is 183 Å². The molecule has 8 nitrogen and oxygen atoms in total. The number of nitrogens with one attached hydrogen (secondary N) is 1. The van der Waals surface area contributed by atoms with E-state index in [-0.39, 0.29) is 0 Å². The number of aliphatic hydroxyl groups is 1. The lowest BCUT2D eigenvalue weighted by molar-refractivity contribution is -0.117. The van der Waals surface area contributed by atoms with Crippen molar-refractivity contribution >= 4 is 29.7 Å². The molecule has 2 aromatic heterocycles. The number of aromatic nitrogens is 2. The monoisotopic (exact) mass is 425 g/mol. The molecule has 2 aromatic rings. The number of nitrogen functional groups attached to an aromatic ring is 1. The molecular formula is C23H31N5O3. The molecule has 166 valence electrons. The van der Waals surface area contributed by atoms with Crippen LogP contribution >= 0.6 is 0 Å². The molecule has 1 aliphatic rings. The third-order valence-electron chi connectivity index (χ3n) is 4.13. The molecule has 0 saturated heterocycles. The second-order valence-corrected chi connectivity index (χ2v) is 8.01. The van der Waals surface area contributed by atoms with E-state index in [0.29, 0.717) is 18.2 Å². The van der Waals surface area contributed by atoms with Crippen LogP contribution in [0, 0.1) is 0 Å². The lowest BCUT2D eigenvalue weighted by atomic mass is 10.1. The Balaban J connectivity index is 0.000000614. The SMILES string of the molecule is CC(C)(C)O.COc1ccc(Nc2ccnc(N)c2/C=C/C2=CCN(C=O)CC2)cn1. The molecule has 0 saturated carbocycles. The van der Waals surface area contributed by atoms with Gasteiger partial charge in [-0.3, -0.25) is 4.79 Å². The Hall–Kier alpha value is -3.39. The summed E-state index contributed by atoms with van der Waals surface area (Å²) in [5.74, 6) is 0.997. The van der Waals surface area contributed by atoms with Crippen molar-refractivity contribution in [3.8, 4) is 5.88 Å². The summed E-state index contributed by atoms with van der Waals surface area (Å²) in [7, 11) is 1.58. The zero-order valence-corrected chi connectivity index (χ0v) is 18.5. The molecule has 0 spiro atoms. The quantitative estimate of drug-likeness (QED) is 0.608. The van der Waals surface area contributed by atoms with Gasteiger partial charge in [-0.1, -0.05) is 12.2 Å². The number of anilines is 3. The predicted octanol–water partition coefficient (Wildman–Crippen LogP) is 3.39. The van der Waals surface area contributed by atoms with Gasteiger partial charge in [-0.05, 0) is 51.0 Å². The Morgan fingerprint density at radius 1 is 1.23 bits per heavy atom. The van der Waals surface area contributed by atoms with Gasteiger partial charge in [0, 0.05) is 30.9 Å². The van der Waals surface area contributed by atoms with E-state index in [9.17, 15) is 4.79 Å². The number of hydrogen-bond acceptors (Lipinski definition) is 7. The van der Waals surface area contributed by atoms with Crippen molar-refractivity contribution in [1.29, 1.82) is 0 Å². The molecule has 1 aliphatic heterocycles. The van der Waals surface area contributed by atoms with Crippen LogP contribution in [0.1, 0.15) is 32.8 Å². The third-order valence-corrected chi connectivity index (χ3v) is 4.13. The van der Waals surface area contributed by atoms with Gasteiger partial charge in [0.25, 0.3) is 0 Å². The van der Waals surface area contributed by atoms with Crippen LogP contribution in [0.2, 0.25) is 0 Å². The number of ether oxygens (including phenoxy) is 1. The molecule has 0 aliphatic carbocycles. The number of nitrogens with two attached hydrogens (primary N) is 1. The zero-order chi connectivity index (χ0) is 22.9. The number of rotatable bonds is 6. The number of carbonyl (C=O) groups is 1. The van der Waals surface area contributed by atoms with Crippen molar-refractivity contribution in [2.45, 2.75) is 32.8 Å². The molecule has 3 heterocycles. The van der Waals surface area contributed by atoms with Gasteiger partial charge in [-0.2, -0.15) is 0 Å². The second-order valence-electron chi connectivity index (χ2n) is 8.01. The summed E-state index contributed by atoms with van der Waals surface area (Å²) in [6.45, 7) is 6.59. The number of allylic oxidation sites excluding steroid dienone is 1. The highest BCUT2D eigenvalue weighted by atomic mass is 16.5. The first kappa shape index (κ1) is 23.9. The van der Waals surface area contributed by atoms with Gasteiger partial charge in [-0.25, -0.2) is 9.97 Å². The average Bonchev–Trinajstić information content (AvgIpc) is 2.73. The van der Waals surface area contributed by atoms with Crippen LogP contribution in [-0.2, 0) is 4.79 Å². The fourth-order valence-electron chi connectivity index (χ4n) is 2.64. The number of hydrogen-bond donors (Lipinski definition) is 3. The van der Waals surface area contributed by atoms with Gasteiger partial charge in [-0.15, -0.1) is 0 Å². The molecule has 0 atom stereocenters. The summed E-state index contributed by atoms with van der Waals surface area (Å²) in [4.78, 5) is 20.9. The molecule has 8 heteroatoms. The molecule has 1 amide bonds. The minimum Gasteiger partial charge on any atom is -0.481 e. The third kappa shape index (κ3) is 8.47. The second kappa shape index (κ2) is 11.1. The van der Waals surface area contributed by atoms with Crippen molar-refractivity contribution in [2.24, 2.45) is 0 Å². The minimum absolute atomic E-state index is 0.443. The van der Waals surface area contributed by atoms with Crippen LogP contribution < -0.4 is 15.8 Å². The van der Waals surface area contributed by atoms with Gasteiger partial charge in [0.2, 0.25) is 12.3 Å². The average molecular weight is 426 g/mol. The summed E-state index contributed by atoms with van der Waals surface area (Å²) < 4.78 is 5.07. The fraction of sp³-hybridized carbons (Fsp3) is 0.348. The van der Waals surface area contributed by atoms with Crippen LogP contribution in [0.5, 0.6) is 5.88 Å². The van der Waals surface area contributed by atoms with E-state index in [4.69, 9.17) is 15.6 Å². The Morgan fingerprint density at radius 2 is 1.97 bits per heavy atom. The summed E-state index contributed by atoms with van der Waals surface area (Å²) in [5, 5.41) is 11.8. The highest BCUT2D eigenvalue weighted by Crippen LogP contribution is 2.26. The van der Waals surface area contributed by atoms with Crippen molar-refractivity contribution in [2.75, 3.05) is 31.2 Å². The van der Waals surface area contributed by atoms with Gasteiger partial charge < -0.3 is 25.8 Å².